The van der Waals surface area contributed by atoms with Gasteiger partial charge in [-0.3, -0.25) is 9.79 Å². The van der Waals surface area contributed by atoms with Gasteiger partial charge in [0.05, 0.1) is 18.7 Å². The van der Waals surface area contributed by atoms with E-state index in [9.17, 15) is 4.79 Å². The summed E-state index contributed by atoms with van der Waals surface area (Å²) < 4.78 is 0. The van der Waals surface area contributed by atoms with E-state index in [0.29, 0.717) is 13.0 Å². The van der Waals surface area contributed by atoms with Gasteiger partial charge < -0.3 is 5.32 Å². The van der Waals surface area contributed by atoms with E-state index < -0.39 is 0 Å². The summed E-state index contributed by atoms with van der Waals surface area (Å²) in [5, 5.41) is 3.49. The van der Waals surface area contributed by atoms with Crippen LogP contribution in [-0.4, -0.2) is 18.2 Å². The Bertz CT molecular complexity index is 468. The van der Waals surface area contributed by atoms with Crippen molar-refractivity contribution in [2.24, 2.45) is 4.99 Å². The first-order valence-corrected chi connectivity index (χ1v) is 6.18. The number of nitrogens with zero attached hydrogens (tertiary/aromatic N) is 1. The molecule has 90 valence electrons. The van der Waals surface area contributed by atoms with E-state index in [1.54, 1.807) is 0 Å². The average Bonchev–Trinajstić information content (AvgIpc) is 2.68. The Balaban J connectivity index is 2.17. The average molecular weight is 251 g/mol. The molecule has 1 amide bonds. The molecule has 17 heavy (non-hydrogen) atoms. The first-order chi connectivity index (χ1) is 8.19. The summed E-state index contributed by atoms with van der Waals surface area (Å²) in [7, 11) is 0. The Labute approximate surface area is 106 Å². The highest BCUT2D eigenvalue weighted by Crippen LogP contribution is 2.24. The zero-order valence-corrected chi connectivity index (χ0v) is 10.5. The fraction of sp³-hybridized carbons (Fsp3) is 0.385. The second-order valence-corrected chi connectivity index (χ2v) is 4.56. The van der Waals surface area contributed by atoms with Gasteiger partial charge in [-0.2, -0.15) is 0 Å². The van der Waals surface area contributed by atoms with Crippen LogP contribution in [0.4, 0.5) is 5.69 Å². The molecule has 0 radical (unpaired) electrons. The van der Waals surface area contributed by atoms with Crippen LogP contribution >= 0.6 is 11.6 Å². The second-order valence-electron chi connectivity index (χ2n) is 4.16. The van der Waals surface area contributed by atoms with Crippen molar-refractivity contribution in [2.45, 2.75) is 26.2 Å². The van der Waals surface area contributed by atoms with Crippen LogP contribution in [0.15, 0.2) is 23.2 Å². The molecule has 0 atom stereocenters. The highest BCUT2D eigenvalue weighted by molar-refractivity contribution is 6.31. The van der Waals surface area contributed by atoms with Gasteiger partial charge >= 0.3 is 0 Å². The van der Waals surface area contributed by atoms with Crippen molar-refractivity contribution in [3.05, 3.63) is 28.8 Å². The smallest absolute Gasteiger partial charge is 0.226 e. The van der Waals surface area contributed by atoms with Crippen LogP contribution in [0.5, 0.6) is 0 Å². The Morgan fingerprint density at radius 3 is 2.88 bits per heavy atom. The monoisotopic (exact) mass is 250 g/mol. The van der Waals surface area contributed by atoms with Crippen molar-refractivity contribution < 1.29 is 4.79 Å². The first kappa shape index (κ1) is 12.1. The molecule has 0 spiro atoms. The van der Waals surface area contributed by atoms with Crippen LogP contribution in [0.1, 0.15) is 25.3 Å². The summed E-state index contributed by atoms with van der Waals surface area (Å²) in [6.07, 6.45) is 2.45. The molecule has 1 fully saturated rings. The molecule has 2 rings (SSSR count). The van der Waals surface area contributed by atoms with Gasteiger partial charge in [0.15, 0.2) is 0 Å². The molecule has 0 aromatic heterocycles. The standard InChI is InChI=1S/C13H15ClN2O/c1-2-3-9-4-5-10(6-12(9)14)16-11-7-13(17)15-8-11/h4-6H,2-3,7-8H2,1H3,(H,15,17). The molecule has 1 aromatic carbocycles. The highest BCUT2D eigenvalue weighted by atomic mass is 35.5. The van der Waals surface area contributed by atoms with E-state index in [2.05, 4.69) is 17.2 Å². The fourth-order valence-corrected chi connectivity index (χ4v) is 2.12. The highest BCUT2D eigenvalue weighted by Gasteiger charge is 2.15. The van der Waals surface area contributed by atoms with E-state index in [1.807, 2.05) is 18.2 Å². The maximum atomic E-state index is 11.0. The zero-order valence-electron chi connectivity index (χ0n) is 9.79. The van der Waals surface area contributed by atoms with Crippen LogP contribution in [0.25, 0.3) is 0 Å². The summed E-state index contributed by atoms with van der Waals surface area (Å²) in [5.41, 5.74) is 2.84. The lowest BCUT2D eigenvalue weighted by Gasteiger charge is -2.03. The lowest BCUT2D eigenvalue weighted by molar-refractivity contribution is -0.118. The number of aryl methyl sites for hydroxylation is 1. The van der Waals surface area contributed by atoms with Gasteiger partial charge in [0, 0.05) is 10.7 Å². The van der Waals surface area contributed by atoms with Gasteiger partial charge in [-0.05, 0) is 24.1 Å². The molecule has 0 aliphatic carbocycles. The lowest BCUT2D eigenvalue weighted by atomic mass is 10.1. The van der Waals surface area contributed by atoms with Crippen molar-refractivity contribution >= 4 is 28.9 Å². The number of amides is 1. The third-order valence-corrected chi connectivity index (χ3v) is 3.05. The zero-order chi connectivity index (χ0) is 12.3. The van der Waals surface area contributed by atoms with Crippen molar-refractivity contribution in [2.75, 3.05) is 6.54 Å². The van der Waals surface area contributed by atoms with Gasteiger partial charge in [-0.15, -0.1) is 0 Å². The second kappa shape index (κ2) is 5.32. The Morgan fingerprint density at radius 2 is 2.29 bits per heavy atom. The molecule has 0 saturated carbocycles. The van der Waals surface area contributed by atoms with Crippen LogP contribution in [0.2, 0.25) is 5.02 Å². The van der Waals surface area contributed by atoms with Crippen molar-refractivity contribution in [1.29, 1.82) is 0 Å². The summed E-state index contributed by atoms with van der Waals surface area (Å²) in [5.74, 6) is 0.0393. The molecule has 1 N–H and O–H groups in total. The third-order valence-electron chi connectivity index (χ3n) is 2.70. The van der Waals surface area contributed by atoms with Gasteiger partial charge in [-0.25, -0.2) is 0 Å². The number of carbonyl (C=O) groups excluding carboxylic acids is 1. The maximum Gasteiger partial charge on any atom is 0.226 e. The summed E-state index contributed by atoms with van der Waals surface area (Å²) in [6, 6.07) is 5.82. The number of rotatable bonds is 3. The van der Waals surface area contributed by atoms with Crippen molar-refractivity contribution in [1.82, 2.24) is 5.32 Å². The Morgan fingerprint density at radius 1 is 1.47 bits per heavy atom. The molecule has 0 bridgehead atoms. The number of hydrogen-bond acceptors (Lipinski definition) is 2. The minimum absolute atomic E-state index is 0.0393. The molecule has 3 nitrogen and oxygen atoms in total. The predicted octanol–water partition coefficient (Wildman–Crippen LogP) is 2.88. The number of carbonyl (C=O) groups is 1. The minimum Gasteiger partial charge on any atom is -0.350 e. The molecule has 1 saturated heterocycles. The minimum atomic E-state index is 0.0393. The molecule has 1 aromatic rings. The van der Waals surface area contributed by atoms with E-state index in [4.69, 9.17) is 11.6 Å². The summed E-state index contributed by atoms with van der Waals surface area (Å²) in [6.45, 7) is 2.67. The normalized spacial score (nSPS) is 17.5. The Hall–Kier alpha value is -1.35. The molecular weight excluding hydrogens is 236 g/mol. The molecule has 4 heteroatoms. The molecule has 1 aliphatic heterocycles. The summed E-state index contributed by atoms with van der Waals surface area (Å²) >= 11 is 6.17. The van der Waals surface area contributed by atoms with Gasteiger partial charge in [0.2, 0.25) is 5.91 Å². The van der Waals surface area contributed by atoms with E-state index in [-0.39, 0.29) is 5.91 Å². The van der Waals surface area contributed by atoms with E-state index >= 15 is 0 Å². The fourth-order valence-electron chi connectivity index (χ4n) is 1.85. The van der Waals surface area contributed by atoms with E-state index in [1.165, 1.54) is 0 Å². The maximum absolute atomic E-state index is 11.0. The first-order valence-electron chi connectivity index (χ1n) is 5.80. The van der Waals surface area contributed by atoms with Crippen LogP contribution in [-0.2, 0) is 11.2 Å². The quantitative estimate of drug-likeness (QED) is 0.881. The number of nitrogens with one attached hydrogen (secondary N) is 1. The molecule has 1 heterocycles. The lowest BCUT2D eigenvalue weighted by Crippen LogP contribution is -2.13. The topological polar surface area (TPSA) is 41.5 Å². The SMILES string of the molecule is CCCc1ccc(N=C2CNC(=O)C2)cc1Cl. The van der Waals surface area contributed by atoms with Gasteiger partial charge in [0.25, 0.3) is 0 Å². The third kappa shape index (κ3) is 3.07. The number of aliphatic imine (C=N–C) groups is 1. The number of halogens is 1. The van der Waals surface area contributed by atoms with Crippen LogP contribution in [0, 0.1) is 0 Å². The largest absolute Gasteiger partial charge is 0.350 e. The van der Waals surface area contributed by atoms with Crippen molar-refractivity contribution in [3.8, 4) is 0 Å². The Kier molecular flexibility index (Phi) is 3.79. The van der Waals surface area contributed by atoms with E-state index in [0.717, 1.165) is 34.8 Å². The molecule has 0 unspecified atom stereocenters. The predicted molar refractivity (Wildman–Crippen MR) is 70.2 cm³/mol. The molecule has 1 aliphatic rings. The van der Waals surface area contributed by atoms with Crippen molar-refractivity contribution in [3.63, 3.8) is 0 Å². The van der Waals surface area contributed by atoms with Crippen LogP contribution < -0.4 is 5.32 Å². The van der Waals surface area contributed by atoms with Gasteiger partial charge in [-0.1, -0.05) is 31.0 Å². The number of benzene rings is 1. The van der Waals surface area contributed by atoms with Crippen LogP contribution in [0.3, 0.4) is 0 Å². The number of hydrogen-bond donors (Lipinski definition) is 1. The molecular formula is C13H15ClN2O. The van der Waals surface area contributed by atoms with Gasteiger partial charge in [0.1, 0.15) is 0 Å². The summed E-state index contributed by atoms with van der Waals surface area (Å²) in [4.78, 5) is 15.5.